The molecule has 0 spiro atoms. The van der Waals surface area contributed by atoms with Gasteiger partial charge in [-0.15, -0.1) is 0 Å². The molecule has 2 radical (unpaired) electrons. The van der Waals surface area contributed by atoms with Crippen molar-refractivity contribution in [3.63, 3.8) is 0 Å². The van der Waals surface area contributed by atoms with Crippen molar-refractivity contribution >= 4 is 24.0 Å². The van der Waals surface area contributed by atoms with Crippen LogP contribution in [0.2, 0.25) is 0 Å². The lowest BCUT2D eigenvalue weighted by molar-refractivity contribution is -0.138. The zero-order chi connectivity index (χ0) is 12.5. The number of sulfonamides is 1. The van der Waals surface area contributed by atoms with Gasteiger partial charge in [-0.25, -0.2) is 8.42 Å². The molecule has 0 aliphatic carbocycles. The molecular formula is C8H15BN2O4S. The summed E-state index contributed by atoms with van der Waals surface area (Å²) >= 11 is 0. The molecule has 1 saturated heterocycles. The summed E-state index contributed by atoms with van der Waals surface area (Å²) in [5.41, 5.74) is 0. The molecule has 1 aliphatic heterocycles. The van der Waals surface area contributed by atoms with E-state index in [1.54, 1.807) is 6.92 Å². The van der Waals surface area contributed by atoms with Gasteiger partial charge in [-0.05, 0) is 6.92 Å². The van der Waals surface area contributed by atoms with Crippen molar-refractivity contribution in [1.82, 2.24) is 9.12 Å². The molecular weight excluding hydrogens is 231 g/mol. The average molecular weight is 246 g/mol. The fourth-order valence-corrected chi connectivity index (χ4v) is 2.97. The fraction of sp³-hybridized carbons (Fsp3) is 0.875. The quantitative estimate of drug-likeness (QED) is 0.638. The van der Waals surface area contributed by atoms with Crippen LogP contribution in [0.4, 0.5) is 0 Å². The monoisotopic (exact) mass is 246 g/mol. The van der Waals surface area contributed by atoms with Gasteiger partial charge in [-0.3, -0.25) is 4.79 Å². The molecule has 0 aromatic carbocycles. The van der Waals surface area contributed by atoms with Crippen molar-refractivity contribution in [3.8, 4) is 0 Å². The number of carboxylic acid groups (broad SMARTS) is 1. The summed E-state index contributed by atoms with van der Waals surface area (Å²) in [6, 6.07) is -0.700. The molecule has 0 bridgehead atoms. The van der Waals surface area contributed by atoms with E-state index in [2.05, 4.69) is 0 Å². The SMILES string of the molecule is [B]N1C[C@H](CC(=O)O)N(S(C)(=O)=O)C[C@@H]1C. The summed E-state index contributed by atoms with van der Waals surface area (Å²) in [5.74, 6) is -1.03. The van der Waals surface area contributed by atoms with Crippen LogP contribution in [-0.2, 0) is 14.8 Å². The van der Waals surface area contributed by atoms with Crippen molar-refractivity contribution in [2.75, 3.05) is 19.3 Å². The van der Waals surface area contributed by atoms with Gasteiger partial charge in [0.15, 0.2) is 7.98 Å². The third-order valence-electron chi connectivity index (χ3n) is 2.68. The van der Waals surface area contributed by atoms with Crippen LogP contribution in [0.25, 0.3) is 0 Å². The number of hydrogen-bond donors (Lipinski definition) is 1. The van der Waals surface area contributed by atoms with E-state index in [0.29, 0.717) is 0 Å². The molecule has 0 unspecified atom stereocenters. The Kier molecular flexibility index (Phi) is 3.98. The van der Waals surface area contributed by atoms with E-state index >= 15 is 0 Å². The third kappa shape index (κ3) is 3.20. The lowest BCUT2D eigenvalue weighted by Gasteiger charge is -2.42. The van der Waals surface area contributed by atoms with Crippen molar-refractivity contribution in [2.24, 2.45) is 0 Å². The normalized spacial score (nSPS) is 29.1. The second-order valence-electron chi connectivity index (χ2n) is 4.13. The van der Waals surface area contributed by atoms with Gasteiger partial charge in [0.2, 0.25) is 10.0 Å². The molecule has 16 heavy (non-hydrogen) atoms. The predicted octanol–water partition coefficient (Wildman–Crippen LogP) is -1.12. The Balaban J connectivity index is 2.88. The smallest absolute Gasteiger partial charge is 0.305 e. The zero-order valence-corrected chi connectivity index (χ0v) is 10.1. The number of nitrogens with zero attached hydrogens (tertiary/aromatic N) is 2. The van der Waals surface area contributed by atoms with Crippen LogP contribution in [0, 0.1) is 0 Å². The maximum atomic E-state index is 11.5. The number of piperazine rings is 1. The van der Waals surface area contributed by atoms with Crippen LogP contribution in [0.15, 0.2) is 0 Å². The van der Waals surface area contributed by atoms with E-state index in [1.807, 2.05) is 0 Å². The first-order valence-electron chi connectivity index (χ1n) is 4.91. The highest BCUT2D eigenvalue weighted by molar-refractivity contribution is 7.88. The largest absolute Gasteiger partial charge is 0.481 e. The maximum absolute atomic E-state index is 11.5. The minimum absolute atomic E-state index is 0.111. The van der Waals surface area contributed by atoms with Gasteiger partial charge in [0, 0.05) is 25.2 Å². The second-order valence-corrected chi connectivity index (χ2v) is 6.07. The minimum Gasteiger partial charge on any atom is -0.481 e. The van der Waals surface area contributed by atoms with E-state index in [-0.39, 0.29) is 25.6 Å². The molecule has 1 fully saturated rings. The van der Waals surface area contributed by atoms with Gasteiger partial charge in [-0.1, -0.05) is 0 Å². The van der Waals surface area contributed by atoms with Gasteiger partial charge in [0.25, 0.3) is 0 Å². The molecule has 1 heterocycles. The Labute approximate surface area is 96.7 Å². The van der Waals surface area contributed by atoms with Gasteiger partial charge in [0.05, 0.1) is 12.7 Å². The van der Waals surface area contributed by atoms with Gasteiger partial charge in [-0.2, -0.15) is 4.31 Å². The summed E-state index contributed by atoms with van der Waals surface area (Å²) in [7, 11) is 2.28. The van der Waals surface area contributed by atoms with Gasteiger partial charge < -0.3 is 9.92 Å². The standard InChI is InChI=1S/C8H15BN2O4S/c1-6-4-11(16(2,14)15)7(3-8(12)13)5-10(6)9/h6-7H,3-5H2,1-2H3,(H,12,13)/t6-,7-/m0/s1. The summed E-state index contributed by atoms with van der Waals surface area (Å²) in [6.45, 7) is 2.27. The Morgan fingerprint density at radius 2 is 2.06 bits per heavy atom. The average Bonchev–Trinajstić information content (AvgIpc) is 2.08. The molecule has 2 atom stereocenters. The fourth-order valence-electron chi connectivity index (χ4n) is 1.80. The molecule has 90 valence electrons. The summed E-state index contributed by atoms with van der Waals surface area (Å²) < 4.78 is 24.2. The third-order valence-corrected chi connectivity index (χ3v) is 3.97. The predicted molar refractivity (Wildman–Crippen MR) is 59.5 cm³/mol. The Bertz CT molecular complexity index is 372. The van der Waals surface area contributed by atoms with Crippen molar-refractivity contribution in [1.29, 1.82) is 0 Å². The van der Waals surface area contributed by atoms with E-state index in [4.69, 9.17) is 13.1 Å². The molecule has 0 aromatic rings. The van der Waals surface area contributed by atoms with E-state index in [1.165, 1.54) is 9.12 Å². The van der Waals surface area contributed by atoms with Crippen LogP contribution in [0.5, 0.6) is 0 Å². The molecule has 8 heteroatoms. The molecule has 6 nitrogen and oxygen atoms in total. The van der Waals surface area contributed by atoms with E-state index in [9.17, 15) is 13.2 Å². The number of hydrogen-bond acceptors (Lipinski definition) is 4. The molecule has 1 rings (SSSR count). The van der Waals surface area contributed by atoms with E-state index < -0.39 is 22.0 Å². The van der Waals surface area contributed by atoms with Gasteiger partial charge >= 0.3 is 5.97 Å². The highest BCUT2D eigenvalue weighted by Crippen LogP contribution is 2.18. The molecule has 0 saturated carbocycles. The van der Waals surface area contributed by atoms with Crippen LogP contribution < -0.4 is 0 Å². The number of carboxylic acids is 1. The van der Waals surface area contributed by atoms with E-state index in [0.717, 1.165) is 6.26 Å². The number of aliphatic carboxylic acids is 1. The minimum atomic E-state index is -3.39. The second kappa shape index (κ2) is 4.73. The topological polar surface area (TPSA) is 77.9 Å². The number of rotatable bonds is 3. The Hall–Kier alpha value is -0.595. The number of carbonyl (C=O) groups is 1. The first kappa shape index (κ1) is 13.5. The van der Waals surface area contributed by atoms with Crippen LogP contribution in [0.1, 0.15) is 13.3 Å². The molecule has 1 aliphatic rings. The van der Waals surface area contributed by atoms with Crippen LogP contribution >= 0.6 is 0 Å². The highest BCUT2D eigenvalue weighted by atomic mass is 32.2. The molecule has 1 N–H and O–H groups in total. The van der Waals surface area contributed by atoms with Crippen molar-refractivity contribution < 1.29 is 18.3 Å². The van der Waals surface area contributed by atoms with Crippen molar-refractivity contribution in [2.45, 2.75) is 25.4 Å². The van der Waals surface area contributed by atoms with Gasteiger partial charge in [0.1, 0.15) is 0 Å². The lowest BCUT2D eigenvalue weighted by Crippen LogP contribution is -2.58. The summed E-state index contributed by atoms with van der Waals surface area (Å²) in [4.78, 5) is 12.1. The van der Waals surface area contributed by atoms with Crippen LogP contribution in [0.3, 0.4) is 0 Å². The highest BCUT2D eigenvalue weighted by Gasteiger charge is 2.35. The summed E-state index contributed by atoms with van der Waals surface area (Å²) in [6.07, 6.45) is 0.855. The van der Waals surface area contributed by atoms with Crippen molar-refractivity contribution in [3.05, 3.63) is 0 Å². The van der Waals surface area contributed by atoms with Crippen LogP contribution in [-0.4, -0.2) is 68.0 Å². The lowest BCUT2D eigenvalue weighted by atomic mass is 10.0. The first-order chi connectivity index (χ1) is 7.21. The maximum Gasteiger partial charge on any atom is 0.305 e. The zero-order valence-electron chi connectivity index (χ0n) is 9.33. The summed E-state index contributed by atoms with van der Waals surface area (Å²) in [5, 5.41) is 8.72. The first-order valence-corrected chi connectivity index (χ1v) is 6.76. The Morgan fingerprint density at radius 3 is 2.50 bits per heavy atom. The Morgan fingerprint density at radius 1 is 1.50 bits per heavy atom. The molecule has 0 aromatic heterocycles. The molecule has 0 amide bonds.